The molecule has 0 aromatic carbocycles. The van der Waals surface area contributed by atoms with Gasteiger partial charge in [-0.25, -0.2) is 9.97 Å². The van der Waals surface area contributed by atoms with Gasteiger partial charge >= 0.3 is 0 Å². The molecule has 7 nitrogen and oxygen atoms in total. The summed E-state index contributed by atoms with van der Waals surface area (Å²) in [6, 6.07) is 1.48. The van der Waals surface area contributed by atoms with Crippen LogP contribution in [0.15, 0.2) is 20.8 Å². The van der Waals surface area contributed by atoms with Gasteiger partial charge in [0.15, 0.2) is 5.16 Å². The summed E-state index contributed by atoms with van der Waals surface area (Å²) in [5.41, 5.74) is 1.80. The molecular formula is C20H21N5O2S3. The van der Waals surface area contributed by atoms with Crippen molar-refractivity contribution < 1.29 is 0 Å². The van der Waals surface area contributed by atoms with Crippen LogP contribution in [0.25, 0.3) is 15.2 Å². The predicted octanol–water partition coefficient (Wildman–Crippen LogP) is 3.67. The van der Waals surface area contributed by atoms with Crippen LogP contribution in [0, 0.1) is 12.8 Å². The van der Waals surface area contributed by atoms with Crippen molar-refractivity contribution in [1.29, 1.82) is 0 Å². The average molecular weight is 460 g/mol. The van der Waals surface area contributed by atoms with E-state index in [0.29, 0.717) is 34.0 Å². The Labute approximate surface area is 184 Å². The maximum absolute atomic E-state index is 13.3. The van der Waals surface area contributed by atoms with E-state index in [-0.39, 0.29) is 11.1 Å². The third-order valence-corrected chi connectivity index (χ3v) is 8.66. The Morgan fingerprint density at radius 2 is 2.10 bits per heavy atom. The minimum atomic E-state index is -0.173. The molecule has 0 saturated heterocycles. The van der Waals surface area contributed by atoms with Gasteiger partial charge in [-0.15, -0.1) is 11.3 Å². The van der Waals surface area contributed by atoms with Gasteiger partial charge < -0.3 is 0 Å². The first-order valence-corrected chi connectivity index (χ1v) is 12.6. The van der Waals surface area contributed by atoms with E-state index in [1.807, 2.05) is 6.92 Å². The lowest BCUT2D eigenvalue weighted by Gasteiger charge is -2.17. The molecular weight excluding hydrogens is 438 g/mol. The number of thioether (sulfide) groups is 1. The monoisotopic (exact) mass is 459 g/mol. The van der Waals surface area contributed by atoms with E-state index in [4.69, 9.17) is 4.98 Å². The molecule has 0 saturated carbocycles. The van der Waals surface area contributed by atoms with E-state index in [0.717, 1.165) is 34.5 Å². The molecule has 0 amide bonds. The van der Waals surface area contributed by atoms with Crippen LogP contribution in [0.1, 0.15) is 41.4 Å². The highest BCUT2D eigenvalue weighted by Crippen LogP contribution is 2.36. The zero-order valence-corrected chi connectivity index (χ0v) is 19.4. The quantitative estimate of drug-likeness (QED) is 0.342. The van der Waals surface area contributed by atoms with Gasteiger partial charge in [0.1, 0.15) is 9.84 Å². The summed E-state index contributed by atoms with van der Waals surface area (Å²) in [6.07, 6.45) is 3.14. The molecule has 4 aromatic heterocycles. The van der Waals surface area contributed by atoms with Gasteiger partial charge in [0, 0.05) is 23.2 Å². The maximum atomic E-state index is 13.3. The van der Waals surface area contributed by atoms with Crippen molar-refractivity contribution in [1.82, 2.24) is 24.1 Å². The minimum absolute atomic E-state index is 0.0647. The fraction of sp³-hybridized carbons (Fsp3) is 0.450. The highest BCUT2D eigenvalue weighted by atomic mass is 32.2. The summed E-state index contributed by atoms with van der Waals surface area (Å²) in [7, 11) is 0. The molecule has 5 rings (SSSR count). The number of nitrogens with zero attached hydrogens (tertiary/aromatic N) is 5. The summed E-state index contributed by atoms with van der Waals surface area (Å²) in [5.74, 6) is 1.19. The van der Waals surface area contributed by atoms with Crippen LogP contribution in [0.2, 0.25) is 0 Å². The SMILES string of the molecule is CCn1c(SCc2nn3c(=O)cc(C)nc3s2)nc2sc3c(c2c1=O)CC[C@H](C)C3. The summed E-state index contributed by atoms with van der Waals surface area (Å²) < 4.78 is 3.10. The van der Waals surface area contributed by atoms with Crippen LogP contribution in [0.3, 0.4) is 0 Å². The van der Waals surface area contributed by atoms with Crippen LogP contribution < -0.4 is 11.1 Å². The number of fused-ring (bicyclic) bond motifs is 4. The molecule has 156 valence electrons. The lowest BCUT2D eigenvalue weighted by Crippen LogP contribution is -2.23. The van der Waals surface area contributed by atoms with Gasteiger partial charge in [0.25, 0.3) is 11.1 Å². The van der Waals surface area contributed by atoms with E-state index >= 15 is 0 Å². The van der Waals surface area contributed by atoms with Crippen molar-refractivity contribution in [3.63, 3.8) is 0 Å². The Balaban J connectivity index is 1.52. The third-order valence-electron chi connectivity index (χ3n) is 5.44. The Kier molecular flexibility index (Phi) is 5.03. The summed E-state index contributed by atoms with van der Waals surface area (Å²) in [6.45, 7) is 6.62. The summed E-state index contributed by atoms with van der Waals surface area (Å²) in [5, 5.41) is 6.71. The van der Waals surface area contributed by atoms with Crippen molar-refractivity contribution >= 4 is 49.6 Å². The second-order valence-electron chi connectivity index (χ2n) is 7.69. The van der Waals surface area contributed by atoms with E-state index in [2.05, 4.69) is 17.0 Å². The molecule has 0 radical (unpaired) electrons. The molecule has 0 fully saturated rings. The highest BCUT2D eigenvalue weighted by Gasteiger charge is 2.24. The maximum Gasteiger partial charge on any atom is 0.275 e. The second kappa shape index (κ2) is 7.58. The number of aromatic nitrogens is 5. The topological polar surface area (TPSA) is 82.2 Å². The zero-order chi connectivity index (χ0) is 21.0. The lowest BCUT2D eigenvalue weighted by atomic mass is 9.89. The predicted molar refractivity (Wildman–Crippen MR) is 122 cm³/mol. The first kappa shape index (κ1) is 19.9. The number of hydrogen-bond donors (Lipinski definition) is 0. The molecule has 10 heteroatoms. The Bertz CT molecular complexity index is 1400. The van der Waals surface area contributed by atoms with Crippen molar-refractivity contribution in [3.8, 4) is 0 Å². The Morgan fingerprint density at radius 3 is 2.90 bits per heavy atom. The molecule has 1 aliphatic carbocycles. The molecule has 0 aliphatic heterocycles. The van der Waals surface area contributed by atoms with Crippen molar-refractivity contribution in [2.45, 2.75) is 57.5 Å². The summed E-state index contributed by atoms with van der Waals surface area (Å²) in [4.78, 5) is 37.4. The van der Waals surface area contributed by atoms with E-state index in [9.17, 15) is 9.59 Å². The number of aryl methyl sites for hydroxylation is 2. The van der Waals surface area contributed by atoms with Crippen LogP contribution in [0.5, 0.6) is 0 Å². The molecule has 30 heavy (non-hydrogen) atoms. The first-order valence-electron chi connectivity index (χ1n) is 9.99. The van der Waals surface area contributed by atoms with Crippen molar-refractivity contribution in [2.75, 3.05) is 0 Å². The average Bonchev–Trinajstić information content (AvgIpc) is 3.26. The summed E-state index contributed by atoms with van der Waals surface area (Å²) >= 11 is 4.56. The van der Waals surface area contributed by atoms with E-state index < -0.39 is 0 Å². The standard InChI is InChI=1S/C20H21N5O2S3/c1-4-24-18(27)16-12-6-5-10(2)7-13(12)29-17(16)22-19(24)28-9-14-23-25-15(26)8-11(3)21-20(25)30-14/h8,10H,4-7,9H2,1-3H3/t10-/m0/s1. The lowest BCUT2D eigenvalue weighted by molar-refractivity contribution is 0.509. The number of hydrogen-bond acceptors (Lipinski definition) is 8. The third kappa shape index (κ3) is 3.30. The number of rotatable bonds is 4. The van der Waals surface area contributed by atoms with Crippen LogP contribution in [0.4, 0.5) is 0 Å². The molecule has 4 heterocycles. The van der Waals surface area contributed by atoms with Crippen LogP contribution in [-0.4, -0.2) is 24.1 Å². The van der Waals surface area contributed by atoms with Gasteiger partial charge in [0.05, 0.1) is 11.1 Å². The van der Waals surface area contributed by atoms with Crippen LogP contribution in [-0.2, 0) is 25.1 Å². The van der Waals surface area contributed by atoms with Crippen molar-refractivity contribution in [3.05, 3.63) is 47.9 Å². The van der Waals surface area contributed by atoms with Gasteiger partial charge in [-0.05, 0) is 44.6 Å². The second-order valence-corrected chi connectivity index (χ2v) is 10.8. The largest absolute Gasteiger partial charge is 0.287 e. The first-order chi connectivity index (χ1) is 14.4. The van der Waals surface area contributed by atoms with Gasteiger partial charge in [-0.2, -0.15) is 9.61 Å². The fourth-order valence-corrected chi connectivity index (χ4v) is 7.36. The molecule has 4 aromatic rings. The number of thiophene rings is 1. The van der Waals surface area contributed by atoms with Crippen molar-refractivity contribution in [2.24, 2.45) is 5.92 Å². The van der Waals surface area contributed by atoms with Gasteiger partial charge in [-0.3, -0.25) is 14.2 Å². The van der Waals surface area contributed by atoms with Crippen LogP contribution >= 0.6 is 34.4 Å². The molecule has 0 bridgehead atoms. The fourth-order valence-electron chi connectivity index (χ4n) is 3.94. The molecule has 1 atom stereocenters. The zero-order valence-electron chi connectivity index (χ0n) is 17.0. The highest BCUT2D eigenvalue weighted by molar-refractivity contribution is 7.98. The molecule has 0 unspecified atom stereocenters. The Hall–Kier alpha value is -2.04. The molecule has 1 aliphatic rings. The molecule has 0 spiro atoms. The molecule has 0 N–H and O–H groups in total. The van der Waals surface area contributed by atoms with Gasteiger partial charge in [-0.1, -0.05) is 30.0 Å². The van der Waals surface area contributed by atoms with E-state index in [1.165, 1.54) is 44.1 Å². The normalized spacial score (nSPS) is 16.4. The Morgan fingerprint density at radius 1 is 1.27 bits per heavy atom. The van der Waals surface area contributed by atoms with E-state index in [1.54, 1.807) is 22.8 Å². The smallest absolute Gasteiger partial charge is 0.275 e. The minimum Gasteiger partial charge on any atom is -0.287 e. The van der Waals surface area contributed by atoms with Gasteiger partial charge in [0.2, 0.25) is 4.96 Å².